The van der Waals surface area contributed by atoms with Crippen LogP contribution in [0.2, 0.25) is 0 Å². The molecule has 1 heteroatoms. The molecule has 1 aliphatic carbocycles. The van der Waals surface area contributed by atoms with E-state index in [-0.39, 0.29) is 0 Å². The van der Waals surface area contributed by atoms with Gasteiger partial charge in [-0.15, -0.1) is 0 Å². The highest BCUT2D eigenvalue weighted by Gasteiger charge is 2.16. The van der Waals surface area contributed by atoms with Gasteiger partial charge in [0.05, 0.1) is 5.52 Å². The van der Waals surface area contributed by atoms with Crippen molar-refractivity contribution in [1.29, 1.82) is 0 Å². The van der Waals surface area contributed by atoms with Gasteiger partial charge in [-0.2, -0.15) is 0 Å². The Morgan fingerprint density at radius 1 is 1.19 bits per heavy atom. The van der Waals surface area contributed by atoms with E-state index in [1.165, 1.54) is 23.8 Å². The Morgan fingerprint density at radius 2 is 2.06 bits per heavy atom. The molecule has 0 amide bonds. The number of aromatic nitrogens is 1. The second-order valence-corrected chi connectivity index (χ2v) is 4.46. The topological polar surface area (TPSA) is 12.9 Å². The first-order chi connectivity index (χ1) is 7.93. The van der Waals surface area contributed by atoms with Crippen molar-refractivity contribution in [2.45, 2.75) is 19.3 Å². The first kappa shape index (κ1) is 9.59. The van der Waals surface area contributed by atoms with Crippen molar-refractivity contribution >= 4 is 10.9 Å². The first-order valence-electron chi connectivity index (χ1n) is 5.93. The van der Waals surface area contributed by atoms with Gasteiger partial charge in [-0.25, -0.2) is 0 Å². The third kappa shape index (κ3) is 1.99. The molecule has 0 unspecified atom stereocenters. The molecule has 0 bridgehead atoms. The molecule has 1 saturated carbocycles. The largest absolute Gasteiger partial charge is 0.256 e. The van der Waals surface area contributed by atoms with Crippen molar-refractivity contribution in [3.05, 3.63) is 54.2 Å². The summed E-state index contributed by atoms with van der Waals surface area (Å²) in [4.78, 5) is 4.46. The predicted molar refractivity (Wildman–Crippen MR) is 67.3 cm³/mol. The molecule has 1 aliphatic rings. The lowest BCUT2D eigenvalue weighted by Gasteiger charge is -2.02. The normalized spacial score (nSPS) is 16.0. The fourth-order valence-corrected chi connectivity index (χ4v) is 2.01. The second-order valence-electron chi connectivity index (χ2n) is 4.46. The van der Waals surface area contributed by atoms with E-state index in [1.807, 2.05) is 12.3 Å². The van der Waals surface area contributed by atoms with E-state index in [1.54, 1.807) is 0 Å². The third-order valence-electron chi connectivity index (χ3n) is 3.08. The van der Waals surface area contributed by atoms with Gasteiger partial charge in [0.25, 0.3) is 0 Å². The van der Waals surface area contributed by atoms with Crippen LogP contribution in [0.3, 0.4) is 0 Å². The lowest BCUT2D eigenvalue weighted by atomic mass is 10.1. The fourth-order valence-electron chi connectivity index (χ4n) is 2.01. The Bertz CT molecular complexity index is 518. The standard InChI is InChI=1S/C15H15N/c1(4-12-9-10-12)5-13-6-2-7-14-8-3-11-16-15(13)14/h1-4,6-8,11-12H,5,9-10H2/b4-1+. The van der Waals surface area contributed by atoms with Crippen molar-refractivity contribution in [2.24, 2.45) is 5.92 Å². The van der Waals surface area contributed by atoms with Crippen LogP contribution in [0.25, 0.3) is 10.9 Å². The first-order valence-corrected chi connectivity index (χ1v) is 5.93. The van der Waals surface area contributed by atoms with Gasteiger partial charge in [-0.1, -0.05) is 36.4 Å². The van der Waals surface area contributed by atoms with Gasteiger partial charge >= 0.3 is 0 Å². The second kappa shape index (κ2) is 4.09. The van der Waals surface area contributed by atoms with Crippen LogP contribution >= 0.6 is 0 Å². The van der Waals surface area contributed by atoms with Gasteiger partial charge in [0.15, 0.2) is 0 Å². The number of benzene rings is 1. The summed E-state index contributed by atoms with van der Waals surface area (Å²) in [6.45, 7) is 0. The Labute approximate surface area is 95.8 Å². The van der Waals surface area contributed by atoms with Gasteiger partial charge in [0.2, 0.25) is 0 Å². The molecule has 0 N–H and O–H groups in total. The van der Waals surface area contributed by atoms with Crippen molar-refractivity contribution in [3.8, 4) is 0 Å². The average Bonchev–Trinajstić information content (AvgIpc) is 3.13. The van der Waals surface area contributed by atoms with E-state index < -0.39 is 0 Å². The number of allylic oxidation sites excluding steroid dienone is 2. The van der Waals surface area contributed by atoms with Gasteiger partial charge in [-0.05, 0) is 36.8 Å². The third-order valence-corrected chi connectivity index (χ3v) is 3.08. The van der Waals surface area contributed by atoms with E-state index in [0.29, 0.717) is 0 Å². The Morgan fingerprint density at radius 3 is 2.94 bits per heavy atom. The molecule has 0 aliphatic heterocycles. The smallest absolute Gasteiger partial charge is 0.0737 e. The Hall–Kier alpha value is -1.63. The van der Waals surface area contributed by atoms with Gasteiger partial charge in [-0.3, -0.25) is 4.98 Å². The Kier molecular flexibility index (Phi) is 2.45. The van der Waals surface area contributed by atoms with Crippen LogP contribution in [-0.2, 0) is 6.42 Å². The summed E-state index contributed by atoms with van der Waals surface area (Å²) in [6, 6.07) is 10.5. The minimum absolute atomic E-state index is 0.864. The molecule has 1 heterocycles. The summed E-state index contributed by atoms with van der Waals surface area (Å²) in [7, 11) is 0. The monoisotopic (exact) mass is 209 g/mol. The number of pyridine rings is 1. The molecule has 0 atom stereocenters. The highest BCUT2D eigenvalue weighted by atomic mass is 14.6. The minimum atomic E-state index is 0.864. The van der Waals surface area contributed by atoms with E-state index in [4.69, 9.17) is 0 Å². The van der Waals surface area contributed by atoms with Gasteiger partial charge in [0.1, 0.15) is 0 Å². The maximum absolute atomic E-state index is 4.46. The summed E-state index contributed by atoms with van der Waals surface area (Å²) >= 11 is 0. The molecule has 16 heavy (non-hydrogen) atoms. The molecule has 1 aromatic carbocycles. The molecule has 3 rings (SSSR count). The van der Waals surface area contributed by atoms with E-state index >= 15 is 0 Å². The quantitative estimate of drug-likeness (QED) is 0.702. The van der Waals surface area contributed by atoms with E-state index in [2.05, 4.69) is 41.4 Å². The average molecular weight is 209 g/mol. The highest BCUT2D eigenvalue weighted by Crippen LogP contribution is 2.30. The van der Waals surface area contributed by atoms with Crippen molar-refractivity contribution in [1.82, 2.24) is 4.98 Å². The number of hydrogen-bond acceptors (Lipinski definition) is 1. The zero-order valence-electron chi connectivity index (χ0n) is 9.26. The van der Waals surface area contributed by atoms with Gasteiger partial charge < -0.3 is 0 Å². The molecule has 1 aromatic heterocycles. The van der Waals surface area contributed by atoms with E-state index in [9.17, 15) is 0 Å². The van der Waals surface area contributed by atoms with Crippen molar-refractivity contribution in [3.63, 3.8) is 0 Å². The molecular formula is C15H15N. The van der Waals surface area contributed by atoms with Crippen LogP contribution in [0.5, 0.6) is 0 Å². The lowest BCUT2D eigenvalue weighted by Crippen LogP contribution is -1.87. The molecule has 0 radical (unpaired) electrons. The predicted octanol–water partition coefficient (Wildman–Crippen LogP) is 3.74. The maximum atomic E-state index is 4.46. The summed E-state index contributed by atoms with van der Waals surface area (Å²) in [5, 5.41) is 1.24. The number of fused-ring (bicyclic) bond motifs is 1. The molecule has 1 nitrogen and oxygen atoms in total. The van der Waals surface area contributed by atoms with Gasteiger partial charge in [0, 0.05) is 11.6 Å². The molecule has 2 aromatic rings. The van der Waals surface area contributed by atoms with Crippen LogP contribution in [0.4, 0.5) is 0 Å². The zero-order valence-corrected chi connectivity index (χ0v) is 9.26. The SMILES string of the molecule is C(=C\C1CC1)/Cc1cccc2cccnc12. The number of nitrogens with zero attached hydrogens (tertiary/aromatic N) is 1. The van der Waals surface area contributed by atoms with Crippen molar-refractivity contribution in [2.75, 3.05) is 0 Å². The molecule has 80 valence electrons. The number of hydrogen-bond donors (Lipinski definition) is 0. The zero-order chi connectivity index (χ0) is 10.8. The molecule has 1 fully saturated rings. The molecule has 0 saturated heterocycles. The lowest BCUT2D eigenvalue weighted by molar-refractivity contribution is 1.10. The van der Waals surface area contributed by atoms with Crippen LogP contribution in [-0.4, -0.2) is 4.98 Å². The maximum Gasteiger partial charge on any atom is 0.0737 e. The fraction of sp³-hybridized carbons (Fsp3) is 0.267. The van der Waals surface area contributed by atoms with Crippen LogP contribution in [0.1, 0.15) is 18.4 Å². The number of para-hydroxylation sites is 1. The molecular weight excluding hydrogens is 194 g/mol. The summed E-state index contributed by atoms with van der Waals surface area (Å²) < 4.78 is 0. The number of rotatable bonds is 3. The molecule has 0 spiro atoms. The minimum Gasteiger partial charge on any atom is -0.256 e. The summed E-state index contributed by atoms with van der Waals surface area (Å²) in [6.07, 6.45) is 10.3. The van der Waals surface area contributed by atoms with Crippen molar-refractivity contribution < 1.29 is 0 Å². The van der Waals surface area contributed by atoms with Crippen LogP contribution < -0.4 is 0 Å². The summed E-state index contributed by atoms with van der Waals surface area (Å²) in [5.74, 6) is 0.864. The van der Waals surface area contributed by atoms with Crippen LogP contribution in [0, 0.1) is 5.92 Å². The van der Waals surface area contributed by atoms with E-state index in [0.717, 1.165) is 17.9 Å². The Balaban J connectivity index is 1.89. The summed E-state index contributed by atoms with van der Waals surface area (Å²) in [5.41, 5.74) is 2.47. The highest BCUT2D eigenvalue weighted by molar-refractivity contribution is 5.81. The van der Waals surface area contributed by atoms with Crippen LogP contribution in [0.15, 0.2) is 48.7 Å².